The number of rotatable bonds is 9. The Morgan fingerprint density at radius 3 is 2.46 bits per heavy atom. The first kappa shape index (κ1) is 21.5. The molecule has 26 heavy (non-hydrogen) atoms. The van der Waals surface area contributed by atoms with Crippen LogP contribution in [0.25, 0.3) is 0 Å². The number of thioether (sulfide) groups is 2. The van der Waals surface area contributed by atoms with Gasteiger partial charge < -0.3 is 10.4 Å². The van der Waals surface area contributed by atoms with E-state index in [-0.39, 0.29) is 12.5 Å². The third-order valence-electron chi connectivity index (χ3n) is 4.17. The number of piperazine rings is 1. The van der Waals surface area contributed by atoms with Crippen LogP contribution in [0.15, 0.2) is 16.0 Å². The fourth-order valence-electron chi connectivity index (χ4n) is 2.94. The second kappa shape index (κ2) is 11.1. The van der Waals surface area contributed by atoms with Crippen molar-refractivity contribution in [3.05, 3.63) is 11.8 Å². The average molecular weight is 399 g/mol. The van der Waals surface area contributed by atoms with Gasteiger partial charge in [0.1, 0.15) is 5.03 Å². The molecule has 0 bridgehead atoms. The van der Waals surface area contributed by atoms with E-state index in [4.69, 9.17) is 5.11 Å². The molecular formula is C18H30N4O2S2. The monoisotopic (exact) mass is 398 g/mol. The minimum Gasteiger partial charge on any atom is -0.395 e. The van der Waals surface area contributed by atoms with E-state index in [1.54, 1.807) is 23.5 Å². The van der Waals surface area contributed by atoms with Gasteiger partial charge >= 0.3 is 0 Å². The first-order chi connectivity index (χ1) is 12.6. The Balaban J connectivity index is 2.01. The van der Waals surface area contributed by atoms with E-state index in [1.165, 1.54) is 0 Å². The van der Waals surface area contributed by atoms with Crippen LogP contribution in [0.3, 0.4) is 0 Å². The Morgan fingerprint density at radius 2 is 1.85 bits per heavy atom. The molecule has 2 heterocycles. The lowest BCUT2D eigenvalue weighted by atomic mass is 10.3. The molecule has 1 amide bonds. The molecule has 0 radical (unpaired) electrons. The van der Waals surface area contributed by atoms with Gasteiger partial charge in [-0.1, -0.05) is 13.8 Å². The quantitative estimate of drug-likeness (QED) is 0.618. The van der Waals surface area contributed by atoms with Crippen LogP contribution < -0.4 is 5.32 Å². The van der Waals surface area contributed by atoms with Crippen LogP contribution in [0.1, 0.15) is 19.5 Å². The summed E-state index contributed by atoms with van der Waals surface area (Å²) in [6.45, 7) is 11.0. The number of β-amino-alcohol motifs (C(OH)–C–C–N with tert-alkyl or cyclic N) is 1. The summed E-state index contributed by atoms with van der Waals surface area (Å²) in [5.74, 6) is 1.89. The Morgan fingerprint density at radius 1 is 1.19 bits per heavy atom. The summed E-state index contributed by atoms with van der Waals surface area (Å²) in [6, 6.07) is 2.05. The Hall–Kier alpha value is -0.800. The molecule has 1 aromatic rings. The molecule has 0 unspecified atom stereocenters. The number of hydrogen-bond donors (Lipinski definition) is 2. The summed E-state index contributed by atoms with van der Waals surface area (Å²) in [7, 11) is 0. The third kappa shape index (κ3) is 6.42. The van der Waals surface area contributed by atoms with Gasteiger partial charge in [0, 0.05) is 43.3 Å². The number of aromatic nitrogens is 1. The van der Waals surface area contributed by atoms with Gasteiger partial charge in [0.2, 0.25) is 5.91 Å². The van der Waals surface area contributed by atoms with Crippen LogP contribution in [-0.2, 0) is 4.79 Å². The lowest BCUT2D eigenvalue weighted by Crippen LogP contribution is -2.49. The zero-order chi connectivity index (χ0) is 18.9. The van der Waals surface area contributed by atoms with Crippen molar-refractivity contribution in [1.82, 2.24) is 14.8 Å². The minimum absolute atomic E-state index is 0.0159. The van der Waals surface area contributed by atoms with E-state index in [0.717, 1.165) is 59.0 Å². The van der Waals surface area contributed by atoms with Gasteiger partial charge in [-0.25, -0.2) is 4.98 Å². The Kier molecular flexibility index (Phi) is 9.21. The molecule has 1 saturated heterocycles. The lowest BCUT2D eigenvalue weighted by molar-refractivity contribution is -0.117. The molecule has 0 aromatic carbocycles. The summed E-state index contributed by atoms with van der Waals surface area (Å²) >= 11 is 3.40. The van der Waals surface area contributed by atoms with Gasteiger partial charge in [0.05, 0.1) is 18.8 Å². The number of aliphatic hydroxyl groups excluding tert-OH is 1. The second-order valence-corrected chi connectivity index (χ2v) is 8.76. The van der Waals surface area contributed by atoms with Crippen LogP contribution >= 0.6 is 23.5 Å². The number of aliphatic hydroxyl groups is 1. The normalized spacial score (nSPS) is 16.0. The maximum absolute atomic E-state index is 12.6. The lowest BCUT2D eigenvalue weighted by Gasteiger charge is -2.33. The van der Waals surface area contributed by atoms with Crippen molar-refractivity contribution in [2.75, 3.05) is 62.7 Å². The molecule has 0 aliphatic carbocycles. The van der Waals surface area contributed by atoms with Gasteiger partial charge in [-0.3, -0.25) is 14.6 Å². The smallest absolute Gasteiger partial charge is 0.238 e. The van der Waals surface area contributed by atoms with E-state index in [9.17, 15) is 4.79 Å². The molecule has 1 aliphatic rings. The molecule has 2 rings (SSSR count). The van der Waals surface area contributed by atoms with E-state index in [0.29, 0.717) is 13.1 Å². The fourth-order valence-corrected chi connectivity index (χ4v) is 4.64. The number of nitrogens with zero attached hydrogens (tertiary/aromatic N) is 3. The number of carbonyl (C=O) groups is 1. The number of pyridine rings is 1. The molecule has 1 fully saturated rings. The van der Waals surface area contributed by atoms with Crippen LogP contribution in [0, 0.1) is 6.92 Å². The predicted octanol–water partition coefficient (Wildman–Crippen LogP) is 2.16. The highest BCUT2D eigenvalue weighted by atomic mass is 32.2. The maximum Gasteiger partial charge on any atom is 0.238 e. The number of carbonyl (C=O) groups excluding carboxylic acids is 1. The standard InChI is InChI=1S/C18H30N4O2S2/c1-4-25-15-12-14(3)19-18(26-5-2)17(15)20-16(24)13-22-8-6-21(7-9-22)10-11-23/h12,23H,4-11,13H2,1-3H3,(H,20,24). The largest absolute Gasteiger partial charge is 0.395 e. The zero-order valence-electron chi connectivity index (χ0n) is 16.0. The van der Waals surface area contributed by atoms with Crippen LogP contribution in [0.2, 0.25) is 0 Å². The van der Waals surface area contributed by atoms with E-state index < -0.39 is 0 Å². The van der Waals surface area contributed by atoms with Crippen molar-refractivity contribution in [3.63, 3.8) is 0 Å². The summed E-state index contributed by atoms with van der Waals surface area (Å²) in [5.41, 5.74) is 1.84. The second-order valence-electron chi connectivity index (χ2n) is 6.20. The molecule has 0 atom stereocenters. The summed E-state index contributed by atoms with van der Waals surface area (Å²) in [5, 5.41) is 13.1. The van der Waals surface area contributed by atoms with Gasteiger partial charge in [-0.2, -0.15) is 0 Å². The highest BCUT2D eigenvalue weighted by Crippen LogP contribution is 2.35. The molecule has 146 valence electrons. The average Bonchev–Trinajstić information content (AvgIpc) is 2.60. The molecule has 8 heteroatoms. The SMILES string of the molecule is CCSc1cc(C)nc(SCC)c1NC(=O)CN1CCN(CCO)CC1. The van der Waals surface area contributed by atoms with Crippen molar-refractivity contribution >= 4 is 35.1 Å². The first-order valence-corrected chi connectivity index (χ1v) is 11.2. The molecule has 0 spiro atoms. The van der Waals surface area contributed by atoms with Crippen LogP contribution in [0.5, 0.6) is 0 Å². The summed E-state index contributed by atoms with van der Waals surface area (Å²) in [4.78, 5) is 22.8. The first-order valence-electron chi connectivity index (χ1n) is 9.20. The molecule has 1 aromatic heterocycles. The van der Waals surface area contributed by atoms with Crippen molar-refractivity contribution in [2.45, 2.75) is 30.7 Å². The molecular weight excluding hydrogens is 368 g/mol. The zero-order valence-corrected chi connectivity index (χ0v) is 17.6. The van der Waals surface area contributed by atoms with Crippen molar-refractivity contribution in [3.8, 4) is 0 Å². The van der Waals surface area contributed by atoms with Gasteiger partial charge in [0.25, 0.3) is 0 Å². The summed E-state index contributed by atoms with van der Waals surface area (Å²) in [6.07, 6.45) is 0. The van der Waals surface area contributed by atoms with E-state index in [2.05, 4.69) is 40.0 Å². The number of anilines is 1. The van der Waals surface area contributed by atoms with Crippen molar-refractivity contribution < 1.29 is 9.90 Å². The van der Waals surface area contributed by atoms with Crippen molar-refractivity contribution in [1.29, 1.82) is 0 Å². The van der Waals surface area contributed by atoms with Crippen LogP contribution in [-0.4, -0.2) is 83.2 Å². The topological polar surface area (TPSA) is 68.7 Å². The maximum atomic E-state index is 12.6. The molecule has 0 saturated carbocycles. The Labute approximate surface area is 165 Å². The van der Waals surface area contributed by atoms with Gasteiger partial charge in [-0.15, -0.1) is 23.5 Å². The third-order valence-corrected chi connectivity index (χ3v) is 5.95. The Bertz CT molecular complexity index is 566. The predicted molar refractivity (Wildman–Crippen MR) is 110 cm³/mol. The number of hydrogen-bond acceptors (Lipinski definition) is 7. The number of nitrogens with one attached hydrogen (secondary N) is 1. The highest BCUT2D eigenvalue weighted by molar-refractivity contribution is 8.00. The van der Waals surface area contributed by atoms with Gasteiger partial charge in [-0.05, 0) is 24.5 Å². The summed E-state index contributed by atoms with van der Waals surface area (Å²) < 4.78 is 0. The van der Waals surface area contributed by atoms with E-state index in [1.807, 2.05) is 6.92 Å². The van der Waals surface area contributed by atoms with Crippen LogP contribution in [0.4, 0.5) is 5.69 Å². The molecule has 1 aliphatic heterocycles. The highest BCUT2D eigenvalue weighted by Gasteiger charge is 2.20. The fraction of sp³-hybridized carbons (Fsp3) is 0.667. The van der Waals surface area contributed by atoms with E-state index >= 15 is 0 Å². The number of amides is 1. The molecule has 6 nitrogen and oxygen atoms in total. The van der Waals surface area contributed by atoms with Crippen molar-refractivity contribution in [2.24, 2.45) is 0 Å². The number of aryl methyl sites for hydroxylation is 1. The molecule has 2 N–H and O–H groups in total. The van der Waals surface area contributed by atoms with Gasteiger partial charge in [0.15, 0.2) is 0 Å². The minimum atomic E-state index is 0.0159.